The van der Waals surface area contributed by atoms with Gasteiger partial charge >= 0.3 is 0 Å². The molecule has 1 aliphatic carbocycles. The molecule has 1 fully saturated rings. The fourth-order valence-corrected chi connectivity index (χ4v) is 2.33. The molecule has 4 nitrogen and oxygen atoms in total. The Hall–Kier alpha value is -1.86. The van der Waals surface area contributed by atoms with Gasteiger partial charge < -0.3 is 10.6 Å². The van der Waals surface area contributed by atoms with Crippen molar-refractivity contribution in [3.8, 4) is 6.07 Å². The summed E-state index contributed by atoms with van der Waals surface area (Å²) in [6.45, 7) is 0.901. The predicted molar refractivity (Wildman–Crippen MR) is 73.3 cm³/mol. The third-order valence-electron chi connectivity index (χ3n) is 3.48. The maximum absolute atomic E-state index is 11.7. The largest absolute Gasteiger partial charge is 0.351 e. The lowest BCUT2D eigenvalue weighted by Gasteiger charge is -2.11. The van der Waals surface area contributed by atoms with Crippen LogP contribution in [0.5, 0.6) is 0 Å². The molecule has 1 aliphatic rings. The van der Waals surface area contributed by atoms with E-state index in [-0.39, 0.29) is 5.91 Å². The Morgan fingerprint density at radius 3 is 2.58 bits per heavy atom. The van der Waals surface area contributed by atoms with Crippen molar-refractivity contribution in [2.75, 3.05) is 6.54 Å². The Balaban J connectivity index is 1.69. The van der Waals surface area contributed by atoms with Crippen LogP contribution in [0.25, 0.3) is 0 Å². The van der Waals surface area contributed by atoms with Gasteiger partial charge in [0.2, 0.25) is 5.91 Å². The molecule has 2 N–H and O–H groups in total. The number of carbonyl (C=O) groups is 1. The van der Waals surface area contributed by atoms with Crippen LogP contribution in [0.2, 0.25) is 0 Å². The van der Waals surface area contributed by atoms with Gasteiger partial charge in [-0.1, -0.05) is 25.0 Å². The van der Waals surface area contributed by atoms with Gasteiger partial charge in [-0.2, -0.15) is 5.26 Å². The van der Waals surface area contributed by atoms with Crippen molar-refractivity contribution < 1.29 is 4.79 Å². The molecule has 2 rings (SSSR count). The lowest BCUT2D eigenvalue weighted by Crippen LogP contribution is -2.37. The summed E-state index contributed by atoms with van der Waals surface area (Å²) < 4.78 is 0. The van der Waals surface area contributed by atoms with Gasteiger partial charge in [0.05, 0.1) is 18.2 Å². The number of nitriles is 1. The minimum Gasteiger partial charge on any atom is -0.351 e. The number of nitrogens with one attached hydrogen (secondary N) is 2. The summed E-state index contributed by atoms with van der Waals surface area (Å²) in [6.07, 6.45) is 4.90. The number of carbonyl (C=O) groups excluding carboxylic acids is 1. The minimum absolute atomic E-state index is 0.0243. The molecule has 0 spiro atoms. The van der Waals surface area contributed by atoms with Crippen molar-refractivity contribution in [2.24, 2.45) is 0 Å². The maximum Gasteiger partial charge on any atom is 0.234 e. The second kappa shape index (κ2) is 6.91. The highest BCUT2D eigenvalue weighted by Crippen LogP contribution is 2.17. The number of rotatable bonds is 5. The van der Waals surface area contributed by atoms with E-state index in [0.29, 0.717) is 24.7 Å². The Kier molecular flexibility index (Phi) is 4.93. The standard InChI is InChI=1S/C15H19N3O/c16-9-12-5-7-13(8-6-12)10-18-15(19)11-17-14-3-1-2-4-14/h5-8,14,17H,1-4,10-11H2,(H,18,19). The van der Waals surface area contributed by atoms with Gasteiger partial charge in [0.1, 0.15) is 0 Å². The van der Waals surface area contributed by atoms with E-state index in [1.165, 1.54) is 25.7 Å². The van der Waals surface area contributed by atoms with Gasteiger partial charge in [0.25, 0.3) is 0 Å². The second-order valence-electron chi connectivity index (χ2n) is 4.95. The van der Waals surface area contributed by atoms with Crippen LogP contribution in [0.3, 0.4) is 0 Å². The van der Waals surface area contributed by atoms with Crippen LogP contribution in [0.1, 0.15) is 36.8 Å². The topological polar surface area (TPSA) is 64.9 Å². The zero-order chi connectivity index (χ0) is 13.5. The molecule has 0 heterocycles. The lowest BCUT2D eigenvalue weighted by molar-refractivity contribution is -0.120. The molecule has 1 saturated carbocycles. The molecule has 100 valence electrons. The quantitative estimate of drug-likeness (QED) is 0.844. The van der Waals surface area contributed by atoms with E-state index in [1.54, 1.807) is 12.1 Å². The Bertz CT molecular complexity index is 455. The van der Waals surface area contributed by atoms with Crippen LogP contribution in [-0.4, -0.2) is 18.5 Å². The van der Waals surface area contributed by atoms with Gasteiger partial charge in [-0.3, -0.25) is 4.79 Å². The third-order valence-corrected chi connectivity index (χ3v) is 3.48. The normalized spacial score (nSPS) is 15.1. The van der Waals surface area contributed by atoms with Crippen molar-refractivity contribution in [1.29, 1.82) is 5.26 Å². The Morgan fingerprint density at radius 2 is 1.95 bits per heavy atom. The molecule has 4 heteroatoms. The van der Waals surface area contributed by atoms with E-state index >= 15 is 0 Å². The average molecular weight is 257 g/mol. The molecule has 0 radical (unpaired) electrons. The first kappa shape index (κ1) is 13.6. The van der Waals surface area contributed by atoms with E-state index in [1.807, 2.05) is 12.1 Å². The van der Waals surface area contributed by atoms with Gasteiger partial charge in [0.15, 0.2) is 0 Å². The van der Waals surface area contributed by atoms with Gasteiger partial charge in [-0.05, 0) is 30.5 Å². The first-order chi connectivity index (χ1) is 9.28. The van der Waals surface area contributed by atoms with Crippen molar-refractivity contribution in [3.63, 3.8) is 0 Å². The zero-order valence-corrected chi connectivity index (χ0v) is 11.0. The van der Waals surface area contributed by atoms with Crippen molar-refractivity contribution in [1.82, 2.24) is 10.6 Å². The molecular formula is C15H19N3O. The highest BCUT2D eigenvalue weighted by atomic mass is 16.1. The van der Waals surface area contributed by atoms with Crippen LogP contribution in [0.15, 0.2) is 24.3 Å². The molecule has 0 bridgehead atoms. The SMILES string of the molecule is N#Cc1ccc(CNC(=O)CNC2CCCC2)cc1. The summed E-state index contributed by atoms with van der Waals surface area (Å²) in [5.74, 6) is 0.0243. The smallest absolute Gasteiger partial charge is 0.234 e. The van der Waals surface area contributed by atoms with E-state index in [2.05, 4.69) is 16.7 Å². The first-order valence-electron chi connectivity index (χ1n) is 6.77. The predicted octanol–water partition coefficient (Wildman–Crippen LogP) is 1.71. The highest BCUT2D eigenvalue weighted by Gasteiger charge is 2.14. The highest BCUT2D eigenvalue weighted by molar-refractivity contribution is 5.78. The van der Waals surface area contributed by atoms with Crippen molar-refractivity contribution in [2.45, 2.75) is 38.3 Å². The Labute approximate surface area is 113 Å². The molecule has 0 aromatic heterocycles. The molecule has 0 aliphatic heterocycles. The van der Waals surface area contributed by atoms with E-state index in [4.69, 9.17) is 5.26 Å². The van der Waals surface area contributed by atoms with Crippen molar-refractivity contribution >= 4 is 5.91 Å². The van der Waals surface area contributed by atoms with Crippen LogP contribution in [0.4, 0.5) is 0 Å². The second-order valence-corrected chi connectivity index (χ2v) is 4.95. The molecular weight excluding hydrogens is 238 g/mol. The van der Waals surface area contributed by atoms with Crippen LogP contribution in [0, 0.1) is 11.3 Å². The first-order valence-corrected chi connectivity index (χ1v) is 6.77. The molecule has 0 unspecified atom stereocenters. The molecule has 1 aromatic rings. The monoisotopic (exact) mass is 257 g/mol. The van der Waals surface area contributed by atoms with E-state index < -0.39 is 0 Å². The maximum atomic E-state index is 11.7. The Morgan fingerprint density at radius 1 is 1.26 bits per heavy atom. The number of hydrogen-bond acceptors (Lipinski definition) is 3. The summed E-state index contributed by atoms with van der Waals surface area (Å²) in [6, 6.07) is 9.84. The van der Waals surface area contributed by atoms with Crippen LogP contribution >= 0.6 is 0 Å². The van der Waals surface area contributed by atoms with Crippen LogP contribution < -0.4 is 10.6 Å². The zero-order valence-electron chi connectivity index (χ0n) is 11.0. The molecule has 1 aromatic carbocycles. The summed E-state index contributed by atoms with van der Waals surface area (Å²) in [4.78, 5) is 11.7. The van der Waals surface area contributed by atoms with E-state index in [9.17, 15) is 4.79 Å². The molecule has 0 saturated heterocycles. The van der Waals surface area contributed by atoms with Gasteiger partial charge in [-0.25, -0.2) is 0 Å². The van der Waals surface area contributed by atoms with Gasteiger partial charge in [-0.15, -0.1) is 0 Å². The van der Waals surface area contributed by atoms with Crippen molar-refractivity contribution in [3.05, 3.63) is 35.4 Å². The van der Waals surface area contributed by atoms with E-state index in [0.717, 1.165) is 5.56 Å². The average Bonchev–Trinajstić information content (AvgIpc) is 2.96. The minimum atomic E-state index is 0.0243. The fourth-order valence-electron chi connectivity index (χ4n) is 2.33. The molecule has 19 heavy (non-hydrogen) atoms. The summed E-state index contributed by atoms with van der Waals surface area (Å²) >= 11 is 0. The summed E-state index contributed by atoms with van der Waals surface area (Å²) in [5, 5.41) is 14.8. The van der Waals surface area contributed by atoms with Gasteiger partial charge in [0, 0.05) is 12.6 Å². The number of amides is 1. The van der Waals surface area contributed by atoms with Crippen LogP contribution in [-0.2, 0) is 11.3 Å². The molecule has 1 amide bonds. The molecule has 0 atom stereocenters. The number of nitrogens with zero attached hydrogens (tertiary/aromatic N) is 1. The number of hydrogen-bond donors (Lipinski definition) is 2. The number of benzene rings is 1. The summed E-state index contributed by atoms with van der Waals surface area (Å²) in [7, 11) is 0. The lowest BCUT2D eigenvalue weighted by atomic mass is 10.1. The fraction of sp³-hybridized carbons (Fsp3) is 0.467. The third kappa shape index (κ3) is 4.38. The summed E-state index contributed by atoms with van der Waals surface area (Å²) in [5.41, 5.74) is 1.64.